The normalized spacial score (nSPS) is 11.1. The first-order chi connectivity index (χ1) is 8.04. The molecule has 0 amide bonds. The van der Waals surface area contributed by atoms with Crippen LogP contribution in [0.2, 0.25) is 0 Å². The van der Waals surface area contributed by atoms with Gasteiger partial charge in [0.25, 0.3) is 0 Å². The van der Waals surface area contributed by atoms with Crippen LogP contribution in [0.4, 0.5) is 8.78 Å². The summed E-state index contributed by atoms with van der Waals surface area (Å²) in [6.45, 7) is 4.31. The Morgan fingerprint density at radius 3 is 2.29 bits per heavy atom. The zero-order valence-corrected chi connectivity index (χ0v) is 10.7. The zero-order chi connectivity index (χ0) is 12.4. The Morgan fingerprint density at radius 1 is 1.06 bits per heavy atom. The third kappa shape index (κ3) is 3.13. The molecule has 0 unspecified atom stereocenters. The van der Waals surface area contributed by atoms with Gasteiger partial charge in [-0.25, -0.2) is 8.78 Å². The minimum atomic E-state index is -0.529. The Balaban J connectivity index is 2.30. The van der Waals surface area contributed by atoms with Gasteiger partial charge in [-0.05, 0) is 42.2 Å². The smallest absolute Gasteiger partial charge is 0.126 e. The van der Waals surface area contributed by atoms with E-state index in [1.807, 2.05) is 12.1 Å². The van der Waals surface area contributed by atoms with Gasteiger partial charge >= 0.3 is 0 Å². The van der Waals surface area contributed by atoms with Crippen molar-refractivity contribution in [1.82, 2.24) is 0 Å². The van der Waals surface area contributed by atoms with Crippen LogP contribution in [-0.4, -0.2) is 0 Å². The molecule has 0 bridgehead atoms. The molecule has 0 saturated carbocycles. The first-order valence-corrected chi connectivity index (χ1v) is 6.41. The van der Waals surface area contributed by atoms with E-state index in [2.05, 4.69) is 13.8 Å². The van der Waals surface area contributed by atoms with E-state index >= 15 is 0 Å². The number of hydrogen-bond acceptors (Lipinski definition) is 1. The monoisotopic (exact) mass is 252 g/mol. The van der Waals surface area contributed by atoms with Crippen molar-refractivity contribution in [3.05, 3.63) is 46.8 Å². The molecule has 0 radical (unpaired) electrons. The van der Waals surface area contributed by atoms with Gasteiger partial charge in [0.2, 0.25) is 0 Å². The van der Waals surface area contributed by atoms with Crippen LogP contribution in [0.1, 0.15) is 18.7 Å². The summed E-state index contributed by atoms with van der Waals surface area (Å²) in [6.07, 6.45) is 1.00. The van der Waals surface area contributed by atoms with E-state index in [0.29, 0.717) is 11.5 Å². The highest BCUT2D eigenvalue weighted by molar-refractivity contribution is 7.15. The highest BCUT2D eigenvalue weighted by Crippen LogP contribution is 2.30. The summed E-state index contributed by atoms with van der Waals surface area (Å²) in [5.41, 5.74) is 0.613. The minimum absolute atomic E-state index is 0.529. The lowest BCUT2D eigenvalue weighted by molar-refractivity contribution is 0.584. The van der Waals surface area contributed by atoms with Crippen LogP contribution in [0, 0.1) is 17.6 Å². The summed E-state index contributed by atoms with van der Waals surface area (Å²) in [5.74, 6) is -0.469. The predicted molar refractivity (Wildman–Crippen MR) is 68.2 cm³/mol. The molecule has 90 valence electrons. The van der Waals surface area contributed by atoms with Crippen molar-refractivity contribution in [2.75, 3.05) is 0 Å². The quantitative estimate of drug-likeness (QED) is 0.729. The third-order valence-corrected chi connectivity index (χ3v) is 3.57. The lowest BCUT2D eigenvalue weighted by Gasteiger charge is -2.01. The number of benzene rings is 1. The molecular weight excluding hydrogens is 238 g/mol. The van der Waals surface area contributed by atoms with Gasteiger partial charge in [-0.2, -0.15) is 0 Å². The van der Waals surface area contributed by atoms with Crippen LogP contribution < -0.4 is 0 Å². The number of rotatable bonds is 3. The largest absolute Gasteiger partial charge is 0.207 e. The van der Waals surface area contributed by atoms with Crippen LogP contribution in [0.15, 0.2) is 30.3 Å². The average Bonchev–Trinajstić information content (AvgIpc) is 2.63. The lowest BCUT2D eigenvalue weighted by atomic mass is 10.1. The third-order valence-electron chi connectivity index (χ3n) is 2.42. The fraction of sp³-hybridized carbons (Fsp3) is 0.286. The molecule has 3 heteroatoms. The second-order valence-electron chi connectivity index (χ2n) is 4.52. The molecule has 0 atom stereocenters. The summed E-state index contributed by atoms with van der Waals surface area (Å²) in [5, 5.41) is 0. The van der Waals surface area contributed by atoms with Crippen LogP contribution in [-0.2, 0) is 6.42 Å². The van der Waals surface area contributed by atoms with Crippen LogP contribution in [0.25, 0.3) is 10.4 Å². The first kappa shape index (κ1) is 12.2. The van der Waals surface area contributed by atoms with Gasteiger partial charge in [-0.1, -0.05) is 13.8 Å². The maximum Gasteiger partial charge on any atom is 0.126 e. The van der Waals surface area contributed by atoms with Crippen LogP contribution >= 0.6 is 11.3 Å². The summed E-state index contributed by atoms with van der Waals surface area (Å²) < 4.78 is 26.2. The van der Waals surface area contributed by atoms with Crippen LogP contribution in [0.3, 0.4) is 0 Å². The fourth-order valence-electron chi connectivity index (χ4n) is 1.74. The molecule has 2 aromatic rings. The maximum atomic E-state index is 13.1. The van der Waals surface area contributed by atoms with Crippen molar-refractivity contribution >= 4 is 11.3 Å². The zero-order valence-electron chi connectivity index (χ0n) is 9.84. The molecular formula is C14H14F2S. The summed E-state index contributed by atoms with van der Waals surface area (Å²) in [4.78, 5) is 2.17. The van der Waals surface area contributed by atoms with Crippen molar-refractivity contribution in [1.29, 1.82) is 0 Å². The van der Waals surface area contributed by atoms with E-state index in [9.17, 15) is 8.78 Å². The fourth-order valence-corrected chi connectivity index (χ4v) is 2.95. The van der Waals surface area contributed by atoms with Crippen molar-refractivity contribution < 1.29 is 8.78 Å². The van der Waals surface area contributed by atoms with E-state index in [1.54, 1.807) is 11.3 Å². The van der Waals surface area contributed by atoms with Crippen molar-refractivity contribution in [3.8, 4) is 10.4 Å². The van der Waals surface area contributed by atoms with Crippen LogP contribution in [0.5, 0.6) is 0 Å². The molecule has 0 saturated heterocycles. The first-order valence-electron chi connectivity index (χ1n) is 5.60. The van der Waals surface area contributed by atoms with Gasteiger partial charge in [-0.15, -0.1) is 11.3 Å². The standard InChI is InChI=1S/C14H14F2S/c1-9(2)5-13-3-4-14(17-13)10-6-11(15)8-12(16)7-10/h3-4,6-9H,5H2,1-2H3. The highest BCUT2D eigenvalue weighted by Gasteiger charge is 2.07. The predicted octanol–water partition coefficient (Wildman–Crippen LogP) is 4.89. The van der Waals surface area contributed by atoms with Gasteiger partial charge in [0.1, 0.15) is 11.6 Å². The van der Waals surface area contributed by atoms with Crippen molar-refractivity contribution in [3.63, 3.8) is 0 Å². The molecule has 1 aromatic heterocycles. The highest BCUT2D eigenvalue weighted by atomic mass is 32.1. The molecule has 17 heavy (non-hydrogen) atoms. The van der Waals surface area contributed by atoms with E-state index < -0.39 is 11.6 Å². The summed E-state index contributed by atoms with van der Waals surface area (Å²) >= 11 is 1.60. The molecule has 2 rings (SSSR count). The Hall–Kier alpha value is -1.22. The second kappa shape index (κ2) is 4.96. The van der Waals surface area contributed by atoms with E-state index in [0.717, 1.165) is 17.4 Å². The van der Waals surface area contributed by atoms with Gasteiger partial charge in [-0.3, -0.25) is 0 Å². The van der Waals surface area contributed by atoms with Crippen molar-refractivity contribution in [2.45, 2.75) is 20.3 Å². The minimum Gasteiger partial charge on any atom is -0.207 e. The molecule has 1 aromatic carbocycles. The Morgan fingerprint density at radius 2 is 1.71 bits per heavy atom. The lowest BCUT2D eigenvalue weighted by Crippen LogP contribution is -1.89. The van der Waals surface area contributed by atoms with E-state index in [4.69, 9.17) is 0 Å². The van der Waals surface area contributed by atoms with Gasteiger partial charge in [0.05, 0.1) is 0 Å². The maximum absolute atomic E-state index is 13.1. The molecule has 0 fully saturated rings. The topological polar surface area (TPSA) is 0 Å². The number of hydrogen-bond donors (Lipinski definition) is 0. The SMILES string of the molecule is CC(C)Cc1ccc(-c2cc(F)cc(F)c2)s1. The molecule has 0 aliphatic heterocycles. The van der Waals surface area contributed by atoms with Gasteiger partial charge in [0, 0.05) is 15.8 Å². The van der Waals surface area contributed by atoms with E-state index in [1.165, 1.54) is 17.0 Å². The van der Waals surface area contributed by atoms with E-state index in [-0.39, 0.29) is 0 Å². The van der Waals surface area contributed by atoms with Gasteiger partial charge < -0.3 is 0 Å². The molecule has 0 aliphatic rings. The molecule has 0 aliphatic carbocycles. The second-order valence-corrected chi connectivity index (χ2v) is 5.69. The Bertz CT molecular complexity index is 494. The summed E-state index contributed by atoms with van der Waals surface area (Å²) in [7, 11) is 0. The average molecular weight is 252 g/mol. The van der Waals surface area contributed by atoms with Gasteiger partial charge in [0.15, 0.2) is 0 Å². The number of thiophene rings is 1. The van der Waals surface area contributed by atoms with Crippen molar-refractivity contribution in [2.24, 2.45) is 5.92 Å². The molecule has 0 spiro atoms. The molecule has 0 N–H and O–H groups in total. The Labute approximate surface area is 104 Å². The molecule has 1 heterocycles. The Kier molecular flexibility index (Phi) is 3.57. The summed E-state index contributed by atoms with van der Waals surface area (Å²) in [6, 6.07) is 7.59. The molecule has 0 nitrogen and oxygen atoms in total. The number of halogens is 2.